The standard InChI is InChI=1S/C11H16BrNO2S/c1-9(6-13)7-16(14,15)8-10-3-2-4-11(12)5-10/h2-5,9H,6-8,13H2,1H3. The van der Waals surface area contributed by atoms with Gasteiger partial charge in [-0.3, -0.25) is 0 Å². The lowest BCUT2D eigenvalue weighted by Crippen LogP contribution is -2.22. The molecule has 1 unspecified atom stereocenters. The Balaban J connectivity index is 2.73. The van der Waals surface area contributed by atoms with Crippen molar-refractivity contribution >= 4 is 25.8 Å². The quantitative estimate of drug-likeness (QED) is 0.904. The highest BCUT2D eigenvalue weighted by Crippen LogP contribution is 2.15. The van der Waals surface area contributed by atoms with E-state index in [1.54, 1.807) is 0 Å². The van der Waals surface area contributed by atoms with Crippen LogP contribution >= 0.6 is 15.9 Å². The molecule has 1 rings (SSSR count). The van der Waals surface area contributed by atoms with E-state index in [-0.39, 0.29) is 17.4 Å². The zero-order valence-corrected chi connectivity index (χ0v) is 11.6. The van der Waals surface area contributed by atoms with Crippen LogP contribution in [0.1, 0.15) is 12.5 Å². The third-order valence-corrected chi connectivity index (χ3v) is 4.56. The summed E-state index contributed by atoms with van der Waals surface area (Å²) in [6.45, 7) is 2.25. The monoisotopic (exact) mass is 305 g/mol. The van der Waals surface area contributed by atoms with E-state index >= 15 is 0 Å². The van der Waals surface area contributed by atoms with Gasteiger partial charge in [0, 0.05) is 4.47 Å². The SMILES string of the molecule is CC(CN)CS(=O)(=O)Cc1cccc(Br)c1. The average molecular weight is 306 g/mol. The lowest BCUT2D eigenvalue weighted by Gasteiger charge is -2.09. The molecule has 0 aliphatic heterocycles. The van der Waals surface area contributed by atoms with Crippen molar-refractivity contribution in [2.45, 2.75) is 12.7 Å². The van der Waals surface area contributed by atoms with Crippen molar-refractivity contribution in [3.63, 3.8) is 0 Å². The first-order valence-electron chi connectivity index (χ1n) is 5.08. The molecule has 1 aromatic carbocycles. The number of hydrogen-bond donors (Lipinski definition) is 1. The molecule has 3 nitrogen and oxygen atoms in total. The summed E-state index contributed by atoms with van der Waals surface area (Å²) in [7, 11) is -3.06. The van der Waals surface area contributed by atoms with E-state index in [0.717, 1.165) is 10.0 Å². The van der Waals surface area contributed by atoms with Crippen LogP contribution in [0.3, 0.4) is 0 Å². The van der Waals surface area contributed by atoms with Crippen molar-refractivity contribution in [2.24, 2.45) is 11.7 Å². The van der Waals surface area contributed by atoms with Gasteiger partial charge < -0.3 is 5.73 Å². The molecule has 5 heteroatoms. The van der Waals surface area contributed by atoms with Gasteiger partial charge in [-0.05, 0) is 30.2 Å². The number of nitrogens with two attached hydrogens (primary N) is 1. The van der Waals surface area contributed by atoms with E-state index < -0.39 is 9.84 Å². The maximum atomic E-state index is 11.8. The van der Waals surface area contributed by atoms with Crippen LogP contribution < -0.4 is 5.73 Å². The summed E-state index contributed by atoms with van der Waals surface area (Å²) < 4.78 is 24.5. The lowest BCUT2D eigenvalue weighted by molar-refractivity contribution is 0.573. The molecule has 0 radical (unpaired) electrons. The second-order valence-corrected chi connectivity index (χ2v) is 7.05. The van der Waals surface area contributed by atoms with E-state index in [1.165, 1.54) is 0 Å². The van der Waals surface area contributed by atoms with Gasteiger partial charge in [-0.1, -0.05) is 35.0 Å². The first-order valence-corrected chi connectivity index (χ1v) is 7.69. The Hall–Kier alpha value is -0.390. The Kier molecular flexibility index (Phi) is 4.95. The fourth-order valence-corrected chi connectivity index (χ4v) is 3.70. The first kappa shape index (κ1) is 13.7. The van der Waals surface area contributed by atoms with Gasteiger partial charge in [0.25, 0.3) is 0 Å². The Morgan fingerprint density at radius 3 is 2.69 bits per heavy atom. The van der Waals surface area contributed by atoms with Gasteiger partial charge in [-0.2, -0.15) is 0 Å². The molecule has 0 aliphatic rings. The van der Waals surface area contributed by atoms with Crippen molar-refractivity contribution in [3.05, 3.63) is 34.3 Å². The highest BCUT2D eigenvalue weighted by atomic mass is 79.9. The van der Waals surface area contributed by atoms with Gasteiger partial charge >= 0.3 is 0 Å². The van der Waals surface area contributed by atoms with Crippen LogP contribution in [0.4, 0.5) is 0 Å². The summed E-state index contributed by atoms with van der Waals surface area (Å²) in [5.41, 5.74) is 6.23. The topological polar surface area (TPSA) is 60.2 Å². The molecule has 1 aromatic rings. The molecule has 90 valence electrons. The van der Waals surface area contributed by atoms with Gasteiger partial charge in [0.15, 0.2) is 9.84 Å². The van der Waals surface area contributed by atoms with Gasteiger partial charge in [0.1, 0.15) is 0 Å². The fraction of sp³-hybridized carbons (Fsp3) is 0.455. The normalized spacial score (nSPS) is 13.7. The third-order valence-electron chi connectivity index (χ3n) is 2.22. The first-order chi connectivity index (χ1) is 7.43. The largest absolute Gasteiger partial charge is 0.330 e. The highest BCUT2D eigenvalue weighted by molar-refractivity contribution is 9.10. The molecule has 0 spiro atoms. The summed E-state index contributed by atoms with van der Waals surface area (Å²) in [6, 6.07) is 7.35. The molecule has 0 saturated carbocycles. The predicted octanol–water partition coefficient (Wildman–Crippen LogP) is 1.96. The van der Waals surface area contributed by atoms with Crippen LogP contribution in [0.2, 0.25) is 0 Å². The molecule has 0 aromatic heterocycles. The molecule has 2 N–H and O–H groups in total. The lowest BCUT2D eigenvalue weighted by atomic mass is 10.2. The van der Waals surface area contributed by atoms with E-state index in [2.05, 4.69) is 15.9 Å². The molecule has 1 atom stereocenters. The maximum Gasteiger partial charge on any atom is 0.154 e. The van der Waals surface area contributed by atoms with Crippen LogP contribution in [-0.4, -0.2) is 20.7 Å². The van der Waals surface area contributed by atoms with Gasteiger partial charge in [0.2, 0.25) is 0 Å². The van der Waals surface area contributed by atoms with Gasteiger partial charge in [-0.25, -0.2) is 8.42 Å². The molecular formula is C11H16BrNO2S. The van der Waals surface area contributed by atoms with Crippen LogP contribution in [-0.2, 0) is 15.6 Å². The molecule has 0 amide bonds. The van der Waals surface area contributed by atoms with Crippen molar-refractivity contribution < 1.29 is 8.42 Å². The average Bonchev–Trinajstić information content (AvgIpc) is 2.15. The smallest absolute Gasteiger partial charge is 0.154 e. The van der Waals surface area contributed by atoms with E-state index in [9.17, 15) is 8.42 Å². The molecule has 16 heavy (non-hydrogen) atoms. The number of hydrogen-bond acceptors (Lipinski definition) is 3. The highest BCUT2D eigenvalue weighted by Gasteiger charge is 2.15. The van der Waals surface area contributed by atoms with E-state index in [4.69, 9.17) is 5.73 Å². The minimum Gasteiger partial charge on any atom is -0.330 e. The molecule has 0 saturated heterocycles. The van der Waals surface area contributed by atoms with Crippen molar-refractivity contribution in [1.82, 2.24) is 0 Å². The zero-order chi connectivity index (χ0) is 12.2. The van der Waals surface area contributed by atoms with Crippen LogP contribution in [0, 0.1) is 5.92 Å². The maximum absolute atomic E-state index is 11.8. The summed E-state index contributed by atoms with van der Waals surface area (Å²) in [5, 5.41) is 0. The van der Waals surface area contributed by atoms with Crippen LogP contribution in [0.5, 0.6) is 0 Å². The Morgan fingerprint density at radius 1 is 1.44 bits per heavy atom. The minimum atomic E-state index is -3.06. The number of benzene rings is 1. The second kappa shape index (κ2) is 5.80. The van der Waals surface area contributed by atoms with Crippen molar-refractivity contribution in [3.8, 4) is 0 Å². The zero-order valence-electron chi connectivity index (χ0n) is 9.19. The molecule has 0 bridgehead atoms. The van der Waals surface area contributed by atoms with E-state index in [0.29, 0.717) is 6.54 Å². The Morgan fingerprint density at radius 2 is 2.12 bits per heavy atom. The summed E-state index contributed by atoms with van der Waals surface area (Å²) in [6.07, 6.45) is 0. The Bertz CT molecular complexity index is 445. The number of rotatable bonds is 5. The number of sulfone groups is 1. The molecular weight excluding hydrogens is 290 g/mol. The van der Waals surface area contributed by atoms with Crippen LogP contribution in [0.25, 0.3) is 0 Å². The molecule has 0 heterocycles. The summed E-state index contributed by atoms with van der Waals surface area (Å²) >= 11 is 3.32. The number of halogens is 1. The Labute approximate surface area is 105 Å². The van der Waals surface area contributed by atoms with Crippen molar-refractivity contribution in [2.75, 3.05) is 12.3 Å². The van der Waals surface area contributed by atoms with E-state index in [1.807, 2.05) is 31.2 Å². The summed E-state index contributed by atoms with van der Waals surface area (Å²) in [4.78, 5) is 0. The van der Waals surface area contributed by atoms with Crippen LogP contribution in [0.15, 0.2) is 28.7 Å². The third kappa shape index (κ3) is 4.63. The predicted molar refractivity (Wildman–Crippen MR) is 69.9 cm³/mol. The molecule has 0 aliphatic carbocycles. The fourth-order valence-electron chi connectivity index (χ4n) is 1.44. The van der Waals surface area contributed by atoms with Gasteiger partial charge in [0.05, 0.1) is 11.5 Å². The van der Waals surface area contributed by atoms with Crippen molar-refractivity contribution in [1.29, 1.82) is 0 Å². The summed E-state index contributed by atoms with van der Waals surface area (Å²) in [5.74, 6) is 0.240. The van der Waals surface area contributed by atoms with Gasteiger partial charge in [-0.15, -0.1) is 0 Å². The minimum absolute atomic E-state index is 0.0113. The second-order valence-electron chi connectivity index (χ2n) is 4.03. The molecule has 0 fully saturated rings.